The molecule has 1 heterocycles. The Labute approximate surface area is 111 Å². The third-order valence-electron chi connectivity index (χ3n) is 2.55. The van der Waals surface area contributed by atoms with E-state index in [0.29, 0.717) is 17.9 Å². The van der Waals surface area contributed by atoms with Gasteiger partial charge in [-0.3, -0.25) is 9.78 Å². The molecule has 2 aromatic rings. The van der Waals surface area contributed by atoms with E-state index in [0.717, 1.165) is 11.4 Å². The Morgan fingerprint density at radius 1 is 1.21 bits per heavy atom. The first-order valence-corrected chi connectivity index (χ1v) is 5.70. The molecule has 19 heavy (non-hydrogen) atoms. The van der Waals surface area contributed by atoms with Gasteiger partial charge < -0.3 is 15.2 Å². The number of pyridine rings is 1. The summed E-state index contributed by atoms with van der Waals surface area (Å²) < 4.78 is 10.7. The third kappa shape index (κ3) is 3.45. The number of carbonyl (C=O) groups excluding carboxylic acids is 1. The van der Waals surface area contributed by atoms with E-state index in [9.17, 15) is 4.79 Å². The maximum Gasteiger partial charge on any atom is 0.248 e. The molecule has 2 rings (SSSR count). The summed E-state index contributed by atoms with van der Waals surface area (Å²) in [5.74, 6) is 0.924. The summed E-state index contributed by atoms with van der Waals surface area (Å²) in [7, 11) is 1.60. The highest BCUT2D eigenvalue weighted by Gasteiger charge is 2.02. The Morgan fingerprint density at radius 2 is 1.95 bits per heavy atom. The number of aromatic nitrogens is 1. The predicted octanol–water partition coefficient (Wildman–Crippen LogP) is 1.77. The van der Waals surface area contributed by atoms with Gasteiger partial charge in [-0.1, -0.05) is 0 Å². The predicted molar refractivity (Wildman–Crippen MR) is 70.1 cm³/mol. The van der Waals surface area contributed by atoms with E-state index in [2.05, 4.69) is 4.98 Å². The number of benzene rings is 1. The van der Waals surface area contributed by atoms with E-state index in [1.54, 1.807) is 49.7 Å². The standard InChI is InChI=1S/C14H14N2O3/c1-18-13-6-7-16-11(8-13)9-19-12-4-2-10(3-5-12)14(15)17/h2-8H,9H2,1H3,(H2,15,17). The number of amides is 1. The summed E-state index contributed by atoms with van der Waals surface area (Å²) in [5.41, 5.74) is 6.37. The monoisotopic (exact) mass is 258 g/mol. The lowest BCUT2D eigenvalue weighted by atomic mass is 10.2. The van der Waals surface area contributed by atoms with Gasteiger partial charge in [0.2, 0.25) is 5.91 Å². The number of hydrogen-bond acceptors (Lipinski definition) is 4. The zero-order chi connectivity index (χ0) is 13.7. The fourth-order valence-corrected chi connectivity index (χ4v) is 1.53. The molecule has 0 aliphatic heterocycles. The first kappa shape index (κ1) is 12.9. The molecule has 0 aliphatic carbocycles. The Balaban J connectivity index is 1.99. The zero-order valence-corrected chi connectivity index (χ0v) is 10.5. The highest BCUT2D eigenvalue weighted by atomic mass is 16.5. The molecule has 0 fully saturated rings. The van der Waals surface area contributed by atoms with E-state index < -0.39 is 5.91 Å². The van der Waals surface area contributed by atoms with Crippen LogP contribution in [0.25, 0.3) is 0 Å². The van der Waals surface area contributed by atoms with Gasteiger partial charge in [0.1, 0.15) is 18.1 Å². The average molecular weight is 258 g/mol. The highest BCUT2D eigenvalue weighted by molar-refractivity contribution is 5.92. The summed E-state index contributed by atoms with van der Waals surface area (Å²) in [4.78, 5) is 15.1. The van der Waals surface area contributed by atoms with Crippen LogP contribution in [-0.4, -0.2) is 18.0 Å². The van der Waals surface area contributed by atoms with Crippen LogP contribution in [0.1, 0.15) is 16.1 Å². The van der Waals surface area contributed by atoms with Crippen LogP contribution in [0, 0.1) is 0 Å². The van der Waals surface area contributed by atoms with E-state index in [1.807, 2.05) is 0 Å². The van der Waals surface area contributed by atoms with Gasteiger partial charge in [0.25, 0.3) is 0 Å². The van der Waals surface area contributed by atoms with Crippen molar-refractivity contribution in [3.63, 3.8) is 0 Å². The summed E-state index contributed by atoms with van der Waals surface area (Å²) in [6, 6.07) is 10.2. The number of primary amides is 1. The number of ether oxygens (including phenoxy) is 2. The lowest BCUT2D eigenvalue weighted by molar-refractivity contribution is 0.1000. The fourth-order valence-electron chi connectivity index (χ4n) is 1.53. The second-order valence-electron chi connectivity index (χ2n) is 3.86. The van der Waals surface area contributed by atoms with Crippen molar-refractivity contribution in [2.45, 2.75) is 6.61 Å². The Bertz CT molecular complexity index is 567. The number of methoxy groups -OCH3 is 1. The largest absolute Gasteiger partial charge is 0.497 e. The van der Waals surface area contributed by atoms with Crippen molar-refractivity contribution < 1.29 is 14.3 Å². The van der Waals surface area contributed by atoms with Gasteiger partial charge in [-0.2, -0.15) is 0 Å². The van der Waals surface area contributed by atoms with Gasteiger partial charge in [-0.05, 0) is 30.3 Å². The molecule has 1 aromatic heterocycles. The van der Waals surface area contributed by atoms with Gasteiger partial charge in [0, 0.05) is 17.8 Å². The normalized spacial score (nSPS) is 9.95. The molecule has 2 N–H and O–H groups in total. The molecule has 0 atom stereocenters. The van der Waals surface area contributed by atoms with E-state index in [4.69, 9.17) is 15.2 Å². The minimum atomic E-state index is -0.457. The van der Waals surface area contributed by atoms with Crippen LogP contribution in [0.15, 0.2) is 42.6 Å². The molecule has 0 bridgehead atoms. The van der Waals surface area contributed by atoms with E-state index >= 15 is 0 Å². The number of rotatable bonds is 5. The van der Waals surface area contributed by atoms with Crippen molar-refractivity contribution in [3.8, 4) is 11.5 Å². The number of hydrogen-bond donors (Lipinski definition) is 1. The molecule has 5 heteroatoms. The second-order valence-corrected chi connectivity index (χ2v) is 3.86. The van der Waals surface area contributed by atoms with Crippen LogP contribution < -0.4 is 15.2 Å². The van der Waals surface area contributed by atoms with Crippen LogP contribution in [0.4, 0.5) is 0 Å². The van der Waals surface area contributed by atoms with Crippen LogP contribution in [0.3, 0.4) is 0 Å². The quantitative estimate of drug-likeness (QED) is 0.886. The molecule has 0 aliphatic rings. The van der Waals surface area contributed by atoms with Crippen LogP contribution in [-0.2, 0) is 6.61 Å². The lowest BCUT2D eigenvalue weighted by Crippen LogP contribution is -2.10. The Kier molecular flexibility index (Phi) is 3.97. The van der Waals surface area contributed by atoms with Crippen molar-refractivity contribution in [2.24, 2.45) is 5.73 Å². The molecular formula is C14H14N2O3. The average Bonchev–Trinajstić information content (AvgIpc) is 2.46. The zero-order valence-electron chi connectivity index (χ0n) is 10.5. The Morgan fingerprint density at radius 3 is 2.58 bits per heavy atom. The smallest absolute Gasteiger partial charge is 0.248 e. The molecule has 1 amide bonds. The molecule has 98 valence electrons. The minimum Gasteiger partial charge on any atom is -0.497 e. The molecule has 0 unspecified atom stereocenters. The number of nitrogens with two attached hydrogens (primary N) is 1. The lowest BCUT2D eigenvalue weighted by Gasteiger charge is -2.07. The number of carbonyl (C=O) groups is 1. The van der Waals surface area contributed by atoms with Crippen LogP contribution in [0.2, 0.25) is 0 Å². The highest BCUT2D eigenvalue weighted by Crippen LogP contribution is 2.15. The van der Waals surface area contributed by atoms with Gasteiger partial charge in [-0.15, -0.1) is 0 Å². The van der Waals surface area contributed by atoms with Crippen molar-refractivity contribution in [1.29, 1.82) is 0 Å². The van der Waals surface area contributed by atoms with Crippen molar-refractivity contribution in [1.82, 2.24) is 4.98 Å². The van der Waals surface area contributed by atoms with Gasteiger partial charge in [0.05, 0.1) is 12.8 Å². The first-order valence-electron chi connectivity index (χ1n) is 5.70. The SMILES string of the molecule is COc1ccnc(COc2ccc(C(N)=O)cc2)c1. The minimum absolute atomic E-state index is 0.327. The van der Waals surface area contributed by atoms with Crippen molar-refractivity contribution in [2.75, 3.05) is 7.11 Å². The summed E-state index contributed by atoms with van der Waals surface area (Å²) in [6.45, 7) is 0.327. The topological polar surface area (TPSA) is 74.4 Å². The molecule has 0 saturated carbocycles. The van der Waals surface area contributed by atoms with Gasteiger partial charge >= 0.3 is 0 Å². The third-order valence-corrected chi connectivity index (χ3v) is 2.55. The summed E-state index contributed by atoms with van der Waals surface area (Å²) in [6.07, 6.45) is 1.66. The molecular weight excluding hydrogens is 244 g/mol. The van der Waals surface area contributed by atoms with E-state index in [-0.39, 0.29) is 0 Å². The van der Waals surface area contributed by atoms with Crippen LogP contribution >= 0.6 is 0 Å². The fraction of sp³-hybridized carbons (Fsp3) is 0.143. The molecule has 1 aromatic carbocycles. The Hall–Kier alpha value is -2.56. The molecule has 0 radical (unpaired) electrons. The van der Waals surface area contributed by atoms with Gasteiger partial charge in [-0.25, -0.2) is 0 Å². The summed E-state index contributed by atoms with van der Waals surface area (Å²) in [5, 5.41) is 0. The maximum absolute atomic E-state index is 10.9. The van der Waals surface area contributed by atoms with Crippen molar-refractivity contribution in [3.05, 3.63) is 53.9 Å². The molecule has 0 spiro atoms. The maximum atomic E-state index is 10.9. The number of nitrogens with zero attached hydrogens (tertiary/aromatic N) is 1. The summed E-state index contributed by atoms with van der Waals surface area (Å²) >= 11 is 0. The van der Waals surface area contributed by atoms with E-state index in [1.165, 1.54) is 0 Å². The molecule has 0 saturated heterocycles. The van der Waals surface area contributed by atoms with Gasteiger partial charge in [0.15, 0.2) is 0 Å². The second kappa shape index (κ2) is 5.86. The van der Waals surface area contributed by atoms with Crippen LogP contribution in [0.5, 0.6) is 11.5 Å². The molecule has 5 nitrogen and oxygen atoms in total. The first-order chi connectivity index (χ1) is 9.19. The van der Waals surface area contributed by atoms with Crippen molar-refractivity contribution >= 4 is 5.91 Å².